The van der Waals surface area contributed by atoms with Crippen LogP contribution in [0.2, 0.25) is 0 Å². The van der Waals surface area contributed by atoms with Crippen LogP contribution in [0.4, 0.5) is 10.1 Å². The number of carbonyl (C=O) groups is 1. The molecule has 3 aromatic rings. The summed E-state index contributed by atoms with van der Waals surface area (Å²) in [6.45, 7) is 1.68. The second-order valence-electron chi connectivity index (χ2n) is 5.60. The highest BCUT2D eigenvalue weighted by Gasteiger charge is 2.12. The number of carbonyl (C=O) groups excluding carboxylic acids is 1. The number of hydrogen-bond donors (Lipinski definition) is 3. The van der Waals surface area contributed by atoms with Gasteiger partial charge in [-0.15, -0.1) is 0 Å². The average molecular weight is 368 g/mol. The van der Waals surface area contributed by atoms with E-state index in [9.17, 15) is 9.18 Å². The van der Waals surface area contributed by atoms with E-state index in [1.165, 1.54) is 6.07 Å². The summed E-state index contributed by atoms with van der Waals surface area (Å²) in [4.78, 5) is 12.5. The van der Waals surface area contributed by atoms with E-state index >= 15 is 0 Å². The molecule has 1 heterocycles. The number of hydrogen-bond acceptors (Lipinski definition) is 2. The number of rotatable bonds is 3. The predicted octanol–water partition coefficient (Wildman–Crippen LogP) is 3.56. The van der Waals surface area contributed by atoms with Crippen molar-refractivity contribution in [3.8, 4) is 5.69 Å². The normalized spacial score (nSPS) is 10.2. The Kier molecular flexibility index (Phi) is 5.28. The van der Waals surface area contributed by atoms with Crippen LogP contribution in [0, 0.1) is 12.7 Å². The highest BCUT2D eigenvalue weighted by Crippen LogP contribution is 2.15. The Hall–Kier alpha value is -3.19. The van der Waals surface area contributed by atoms with Gasteiger partial charge >= 0.3 is 0 Å². The van der Waals surface area contributed by atoms with Crippen LogP contribution in [-0.4, -0.2) is 15.6 Å². The van der Waals surface area contributed by atoms with Gasteiger partial charge in [-0.2, -0.15) is 0 Å². The average Bonchev–Trinajstić information content (AvgIpc) is 3.17. The molecule has 0 radical (unpaired) electrons. The second-order valence-corrected chi connectivity index (χ2v) is 6.01. The molecular weight excluding hydrogens is 351 g/mol. The molecule has 0 aliphatic heterocycles. The van der Waals surface area contributed by atoms with Gasteiger partial charge in [0, 0.05) is 18.1 Å². The molecule has 0 fully saturated rings. The quantitative estimate of drug-likeness (QED) is 0.489. The third kappa shape index (κ3) is 4.07. The number of nitrogens with zero attached hydrogens (tertiary/aromatic N) is 1. The lowest BCUT2D eigenvalue weighted by molar-refractivity contribution is 0.0944. The zero-order valence-electron chi connectivity index (χ0n) is 14.0. The molecule has 0 aliphatic carbocycles. The first-order chi connectivity index (χ1) is 12.5. The van der Waals surface area contributed by atoms with Crippen molar-refractivity contribution in [2.24, 2.45) is 0 Å². The number of halogens is 1. The molecule has 1 amide bonds. The summed E-state index contributed by atoms with van der Waals surface area (Å²) in [6.07, 6.45) is 3.72. The second kappa shape index (κ2) is 7.79. The molecule has 3 rings (SSSR count). The van der Waals surface area contributed by atoms with Crippen LogP contribution in [0.25, 0.3) is 5.69 Å². The maximum absolute atomic E-state index is 13.6. The fourth-order valence-electron chi connectivity index (χ4n) is 2.40. The SMILES string of the molecule is Cc1ccc(NC(=S)NNC(=O)c2ccccc2-n2cccc2)cc1F. The van der Waals surface area contributed by atoms with E-state index in [0.29, 0.717) is 16.8 Å². The minimum atomic E-state index is -0.339. The third-order valence-corrected chi connectivity index (χ3v) is 3.95. The maximum atomic E-state index is 13.6. The lowest BCUT2D eigenvalue weighted by Gasteiger charge is -2.14. The van der Waals surface area contributed by atoms with E-state index in [-0.39, 0.29) is 16.8 Å². The molecule has 132 valence electrons. The molecule has 3 N–H and O–H groups in total. The molecule has 1 aromatic heterocycles. The van der Waals surface area contributed by atoms with Crippen molar-refractivity contribution in [3.05, 3.63) is 83.9 Å². The summed E-state index contributed by atoms with van der Waals surface area (Å²) < 4.78 is 15.4. The number of para-hydroxylation sites is 1. The van der Waals surface area contributed by atoms with Crippen molar-refractivity contribution in [1.82, 2.24) is 15.4 Å². The van der Waals surface area contributed by atoms with Crippen LogP contribution in [-0.2, 0) is 0 Å². The largest absolute Gasteiger partial charge is 0.331 e. The minimum Gasteiger partial charge on any atom is -0.331 e. The lowest BCUT2D eigenvalue weighted by Crippen LogP contribution is -2.44. The number of benzene rings is 2. The van der Waals surface area contributed by atoms with E-state index < -0.39 is 0 Å². The van der Waals surface area contributed by atoms with Gasteiger partial charge in [-0.1, -0.05) is 18.2 Å². The van der Waals surface area contributed by atoms with E-state index in [0.717, 1.165) is 5.69 Å². The molecule has 26 heavy (non-hydrogen) atoms. The topological polar surface area (TPSA) is 58.1 Å². The van der Waals surface area contributed by atoms with Gasteiger partial charge in [0.05, 0.1) is 11.3 Å². The first-order valence-corrected chi connectivity index (χ1v) is 8.31. The zero-order valence-corrected chi connectivity index (χ0v) is 14.8. The molecule has 0 bridgehead atoms. The Morgan fingerprint density at radius 3 is 2.50 bits per heavy atom. The van der Waals surface area contributed by atoms with Crippen LogP contribution in [0.1, 0.15) is 15.9 Å². The highest BCUT2D eigenvalue weighted by molar-refractivity contribution is 7.80. The van der Waals surface area contributed by atoms with Gasteiger partial charge < -0.3 is 9.88 Å². The first-order valence-electron chi connectivity index (χ1n) is 7.90. The van der Waals surface area contributed by atoms with Crippen LogP contribution < -0.4 is 16.2 Å². The highest BCUT2D eigenvalue weighted by atomic mass is 32.1. The molecule has 7 heteroatoms. The Bertz CT molecular complexity index is 940. The van der Waals surface area contributed by atoms with Gasteiger partial charge in [0.15, 0.2) is 5.11 Å². The Balaban J connectivity index is 1.64. The van der Waals surface area contributed by atoms with Gasteiger partial charge in [0.2, 0.25) is 0 Å². The fraction of sp³-hybridized carbons (Fsp3) is 0.0526. The number of aromatic nitrogens is 1. The molecular formula is C19H17FN4OS. The van der Waals surface area contributed by atoms with Crippen molar-refractivity contribution >= 4 is 28.9 Å². The van der Waals surface area contributed by atoms with Crippen LogP contribution in [0.3, 0.4) is 0 Å². The number of thiocarbonyl (C=S) groups is 1. The zero-order chi connectivity index (χ0) is 18.5. The fourth-order valence-corrected chi connectivity index (χ4v) is 2.57. The summed E-state index contributed by atoms with van der Waals surface area (Å²) in [6, 6.07) is 15.7. The summed E-state index contributed by atoms with van der Waals surface area (Å²) in [5.74, 6) is -0.670. The van der Waals surface area contributed by atoms with Crippen LogP contribution in [0.15, 0.2) is 67.0 Å². The molecule has 2 aromatic carbocycles. The summed E-state index contributed by atoms with van der Waals surface area (Å²) in [5, 5.41) is 2.97. The number of amides is 1. The monoisotopic (exact) mass is 368 g/mol. The van der Waals surface area contributed by atoms with E-state index in [1.54, 1.807) is 31.2 Å². The third-order valence-electron chi connectivity index (χ3n) is 3.75. The van der Waals surface area contributed by atoms with Crippen molar-refractivity contribution in [1.29, 1.82) is 0 Å². The van der Waals surface area contributed by atoms with Gasteiger partial charge in [-0.3, -0.25) is 15.6 Å². The molecule has 0 saturated carbocycles. The van der Waals surface area contributed by atoms with Crippen LogP contribution in [0.5, 0.6) is 0 Å². The van der Waals surface area contributed by atoms with Gasteiger partial charge in [0.1, 0.15) is 5.82 Å². The molecule has 0 saturated heterocycles. The Labute approximate surface area is 155 Å². The van der Waals surface area contributed by atoms with Crippen molar-refractivity contribution in [2.45, 2.75) is 6.92 Å². The van der Waals surface area contributed by atoms with Crippen molar-refractivity contribution in [3.63, 3.8) is 0 Å². The van der Waals surface area contributed by atoms with Crippen molar-refractivity contribution < 1.29 is 9.18 Å². The van der Waals surface area contributed by atoms with E-state index in [2.05, 4.69) is 16.2 Å². The summed E-state index contributed by atoms with van der Waals surface area (Å²) in [5.41, 5.74) is 7.44. The molecule has 0 aliphatic rings. The number of aryl methyl sites for hydroxylation is 1. The molecule has 0 atom stereocenters. The lowest BCUT2D eigenvalue weighted by atomic mass is 10.1. The number of nitrogens with one attached hydrogen (secondary N) is 3. The van der Waals surface area contributed by atoms with Crippen molar-refractivity contribution in [2.75, 3.05) is 5.32 Å². The van der Waals surface area contributed by atoms with E-state index in [4.69, 9.17) is 12.2 Å². The van der Waals surface area contributed by atoms with Gasteiger partial charge in [-0.25, -0.2) is 4.39 Å². The molecule has 5 nitrogen and oxygen atoms in total. The smallest absolute Gasteiger partial charge is 0.271 e. The van der Waals surface area contributed by atoms with E-state index in [1.807, 2.05) is 41.2 Å². The van der Waals surface area contributed by atoms with Gasteiger partial charge in [0.25, 0.3) is 5.91 Å². The first kappa shape index (κ1) is 17.6. The molecule has 0 spiro atoms. The molecule has 0 unspecified atom stereocenters. The Morgan fingerprint density at radius 1 is 1.04 bits per heavy atom. The summed E-state index contributed by atoms with van der Waals surface area (Å²) in [7, 11) is 0. The predicted molar refractivity (Wildman–Crippen MR) is 104 cm³/mol. The Morgan fingerprint density at radius 2 is 1.77 bits per heavy atom. The number of hydrazine groups is 1. The summed E-state index contributed by atoms with van der Waals surface area (Å²) >= 11 is 5.13. The van der Waals surface area contributed by atoms with Crippen LogP contribution >= 0.6 is 12.2 Å². The maximum Gasteiger partial charge on any atom is 0.271 e. The number of anilines is 1. The minimum absolute atomic E-state index is 0.153. The van der Waals surface area contributed by atoms with Gasteiger partial charge in [-0.05, 0) is 61.1 Å². The standard InChI is InChI=1S/C19H17FN4OS/c1-13-8-9-14(12-16(13)20)21-19(26)23-22-18(25)15-6-2-3-7-17(15)24-10-4-5-11-24/h2-12H,1H3,(H,22,25)(H2,21,23,26).